The van der Waals surface area contributed by atoms with E-state index >= 15 is 0 Å². The van der Waals surface area contributed by atoms with Crippen LogP contribution in [0.2, 0.25) is 37.8 Å². The van der Waals surface area contributed by atoms with Crippen LogP contribution < -0.4 is 0 Å². The number of hydrogen-bond donors (Lipinski definition) is 0. The normalized spacial score (nSPS) is 13.4. The van der Waals surface area contributed by atoms with Crippen LogP contribution in [0.3, 0.4) is 0 Å². The molecule has 1 nitrogen and oxygen atoms in total. The van der Waals surface area contributed by atoms with Crippen LogP contribution in [0.15, 0.2) is 35.7 Å². The Balaban J connectivity index is 3.12. The maximum atomic E-state index is 6.72. The molecule has 112 valence electrons. The van der Waals surface area contributed by atoms with E-state index in [-0.39, 0.29) is 0 Å². The summed E-state index contributed by atoms with van der Waals surface area (Å²) >= 11 is 0. The SMILES string of the molecule is CC[Si](CC)(CC)O/C(=C/c1ccccc1)[Si](C)(C)C. The fourth-order valence-electron chi connectivity index (χ4n) is 2.30. The summed E-state index contributed by atoms with van der Waals surface area (Å²) in [5.41, 5.74) is 1.26. The van der Waals surface area contributed by atoms with Gasteiger partial charge >= 0.3 is 0 Å². The van der Waals surface area contributed by atoms with Crippen LogP contribution in [0, 0.1) is 0 Å². The molecule has 1 aromatic rings. The summed E-state index contributed by atoms with van der Waals surface area (Å²) in [5.74, 6) is 0. The van der Waals surface area contributed by atoms with E-state index in [4.69, 9.17) is 4.43 Å². The van der Waals surface area contributed by atoms with Gasteiger partial charge in [0.15, 0.2) is 0 Å². The van der Waals surface area contributed by atoms with Crippen LogP contribution in [0.4, 0.5) is 0 Å². The van der Waals surface area contributed by atoms with E-state index in [1.54, 1.807) is 0 Å². The molecule has 3 heteroatoms. The Labute approximate surface area is 127 Å². The lowest BCUT2D eigenvalue weighted by Gasteiger charge is -2.35. The van der Waals surface area contributed by atoms with Crippen LogP contribution in [-0.2, 0) is 4.43 Å². The molecule has 0 heterocycles. The van der Waals surface area contributed by atoms with E-state index in [0.717, 1.165) is 0 Å². The molecule has 0 fully saturated rings. The van der Waals surface area contributed by atoms with Crippen molar-refractivity contribution in [2.75, 3.05) is 0 Å². The van der Waals surface area contributed by atoms with E-state index in [0.29, 0.717) is 0 Å². The minimum absolute atomic E-state index is 1.20. The van der Waals surface area contributed by atoms with Crippen molar-refractivity contribution in [3.63, 3.8) is 0 Å². The molecule has 0 amide bonds. The third kappa shape index (κ3) is 4.63. The van der Waals surface area contributed by atoms with E-state index in [2.05, 4.69) is 76.8 Å². The van der Waals surface area contributed by atoms with Gasteiger partial charge in [-0.05, 0) is 29.8 Å². The summed E-state index contributed by atoms with van der Waals surface area (Å²) in [6, 6.07) is 14.2. The highest BCUT2D eigenvalue weighted by molar-refractivity contribution is 6.85. The second-order valence-corrected chi connectivity index (χ2v) is 16.2. The van der Waals surface area contributed by atoms with Gasteiger partial charge in [0.05, 0.1) is 5.38 Å². The summed E-state index contributed by atoms with van der Waals surface area (Å²) in [7, 11) is -3.03. The Kier molecular flexibility index (Phi) is 6.27. The lowest BCUT2D eigenvalue weighted by molar-refractivity contribution is 0.437. The van der Waals surface area contributed by atoms with E-state index < -0.39 is 16.4 Å². The lowest BCUT2D eigenvalue weighted by Crippen LogP contribution is -2.40. The second-order valence-electron chi connectivity index (χ2n) is 6.52. The zero-order valence-corrected chi connectivity index (χ0v) is 16.0. The fraction of sp³-hybridized carbons (Fsp3) is 0.529. The maximum Gasteiger partial charge on any atom is 0.249 e. The molecule has 1 rings (SSSR count). The molecular weight excluding hydrogens is 276 g/mol. The zero-order valence-electron chi connectivity index (χ0n) is 14.0. The monoisotopic (exact) mass is 306 g/mol. The molecule has 0 spiro atoms. The molecular formula is C17H30OSi2. The highest BCUT2D eigenvalue weighted by Crippen LogP contribution is 2.30. The van der Waals surface area contributed by atoms with Crippen molar-refractivity contribution in [1.82, 2.24) is 0 Å². The molecule has 0 aromatic heterocycles. The molecule has 0 N–H and O–H groups in total. The van der Waals surface area contributed by atoms with E-state index in [9.17, 15) is 0 Å². The Morgan fingerprint density at radius 3 is 1.85 bits per heavy atom. The van der Waals surface area contributed by atoms with Gasteiger partial charge in [-0.2, -0.15) is 0 Å². The quantitative estimate of drug-likeness (QED) is 0.448. The molecule has 1 aromatic carbocycles. The molecule has 0 aliphatic carbocycles. The molecule has 0 aliphatic heterocycles. The highest BCUT2D eigenvalue weighted by Gasteiger charge is 2.34. The fourth-order valence-corrected chi connectivity index (χ4v) is 7.23. The lowest BCUT2D eigenvalue weighted by atomic mass is 10.2. The molecule has 0 saturated heterocycles. The zero-order chi connectivity index (χ0) is 15.2. The summed E-state index contributed by atoms with van der Waals surface area (Å²) < 4.78 is 6.72. The molecule has 0 saturated carbocycles. The molecule has 20 heavy (non-hydrogen) atoms. The Hall–Kier alpha value is -0.806. The number of rotatable bonds is 7. The van der Waals surface area contributed by atoms with Gasteiger partial charge in [0, 0.05) is 0 Å². The molecule has 0 aliphatic rings. The smallest absolute Gasteiger partial charge is 0.249 e. The van der Waals surface area contributed by atoms with Crippen molar-refractivity contribution >= 4 is 22.5 Å². The topological polar surface area (TPSA) is 9.23 Å². The van der Waals surface area contributed by atoms with Gasteiger partial charge in [0.2, 0.25) is 8.32 Å². The molecule has 0 atom stereocenters. The van der Waals surface area contributed by atoms with Crippen LogP contribution in [0.25, 0.3) is 6.08 Å². The van der Waals surface area contributed by atoms with Crippen LogP contribution in [0.1, 0.15) is 26.3 Å². The third-order valence-corrected chi connectivity index (χ3v) is 10.5. The largest absolute Gasteiger partial charge is 0.550 e. The van der Waals surface area contributed by atoms with Crippen molar-refractivity contribution < 1.29 is 4.43 Å². The molecule has 0 radical (unpaired) electrons. The summed E-state index contributed by atoms with van der Waals surface area (Å²) in [6.07, 6.45) is 2.29. The van der Waals surface area contributed by atoms with Gasteiger partial charge in [0.1, 0.15) is 8.07 Å². The standard InChI is InChI=1S/C17H30OSi2/c1-7-20(8-2,9-3)18-17(19(4,5)6)15-16-13-11-10-12-14-16/h10-15H,7-9H2,1-6H3/b17-15-. The summed E-state index contributed by atoms with van der Waals surface area (Å²) in [4.78, 5) is 0. The van der Waals surface area contributed by atoms with Crippen molar-refractivity contribution in [3.05, 3.63) is 41.3 Å². The maximum absolute atomic E-state index is 6.72. The van der Waals surface area contributed by atoms with Crippen molar-refractivity contribution in [2.45, 2.75) is 58.5 Å². The second kappa shape index (κ2) is 7.27. The molecule has 0 bridgehead atoms. The summed E-state index contributed by atoms with van der Waals surface area (Å²) in [6.45, 7) is 14.0. The average Bonchev–Trinajstić information content (AvgIpc) is 2.44. The third-order valence-electron chi connectivity index (χ3n) is 4.10. The van der Waals surface area contributed by atoms with Crippen LogP contribution in [0.5, 0.6) is 0 Å². The Morgan fingerprint density at radius 2 is 1.45 bits per heavy atom. The van der Waals surface area contributed by atoms with Crippen molar-refractivity contribution in [3.8, 4) is 0 Å². The first kappa shape index (κ1) is 17.2. The minimum atomic E-state index is -1.58. The van der Waals surface area contributed by atoms with Gasteiger partial charge in [0.25, 0.3) is 0 Å². The average molecular weight is 307 g/mol. The predicted octanol–water partition coefficient (Wildman–Crippen LogP) is 5.93. The van der Waals surface area contributed by atoms with Gasteiger partial charge in [-0.25, -0.2) is 0 Å². The van der Waals surface area contributed by atoms with Gasteiger partial charge in [-0.15, -0.1) is 0 Å². The predicted molar refractivity (Wildman–Crippen MR) is 96.0 cm³/mol. The van der Waals surface area contributed by atoms with E-state index in [1.165, 1.54) is 29.1 Å². The van der Waals surface area contributed by atoms with Gasteiger partial charge in [-0.3, -0.25) is 0 Å². The van der Waals surface area contributed by atoms with Gasteiger partial charge in [-0.1, -0.05) is 70.7 Å². The first-order valence-electron chi connectivity index (χ1n) is 7.83. The summed E-state index contributed by atoms with van der Waals surface area (Å²) in [5, 5.41) is 1.28. The first-order chi connectivity index (χ1) is 9.37. The Bertz CT molecular complexity index is 420. The van der Waals surface area contributed by atoms with Crippen LogP contribution >= 0.6 is 0 Å². The molecule has 0 unspecified atom stereocenters. The van der Waals surface area contributed by atoms with Crippen LogP contribution in [-0.4, -0.2) is 16.4 Å². The first-order valence-corrected chi connectivity index (χ1v) is 13.9. The number of hydrogen-bond acceptors (Lipinski definition) is 1. The van der Waals surface area contributed by atoms with Gasteiger partial charge < -0.3 is 4.43 Å². The highest BCUT2D eigenvalue weighted by atomic mass is 28.4. The van der Waals surface area contributed by atoms with Crippen molar-refractivity contribution in [2.24, 2.45) is 0 Å². The minimum Gasteiger partial charge on any atom is -0.550 e. The van der Waals surface area contributed by atoms with E-state index in [1.807, 2.05) is 0 Å². The van der Waals surface area contributed by atoms with Crippen molar-refractivity contribution in [1.29, 1.82) is 0 Å². The Morgan fingerprint density at radius 1 is 0.950 bits per heavy atom. The number of benzene rings is 1.